The first-order chi connectivity index (χ1) is 13.3. The first-order valence-electron chi connectivity index (χ1n) is 9.35. The molecule has 0 spiro atoms. The first kappa shape index (κ1) is 16.5. The number of anilines is 1. The molecule has 0 atom stereocenters. The third-order valence-electron chi connectivity index (χ3n) is 5.29. The molecule has 0 radical (unpaired) electrons. The van der Waals surface area contributed by atoms with E-state index in [-0.39, 0.29) is 0 Å². The molecule has 1 aliphatic heterocycles. The maximum Gasteiger partial charge on any atom is 0.185 e. The lowest BCUT2D eigenvalue weighted by molar-refractivity contribution is 0.313. The summed E-state index contributed by atoms with van der Waals surface area (Å²) in [5.41, 5.74) is 5.75. The molecule has 0 unspecified atom stereocenters. The van der Waals surface area contributed by atoms with E-state index in [1.165, 1.54) is 16.5 Å². The van der Waals surface area contributed by atoms with Gasteiger partial charge in [0.1, 0.15) is 0 Å². The van der Waals surface area contributed by atoms with Gasteiger partial charge in [-0.15, -0.1) is 11.3 Å². The second-order valence-corrected chi connectivity index (χ2v) is 7.93. The normalized spacial score (nSPS) is 15.5. The van der Waals surface area contributed by atoms with Gasteiger partial charge in [-0.2, -0.15) is 0 Å². The van der Waals surface area contributed by atoms with Crippen molar-refractivity contribution < 1.29 is 0 Å². The number of hydrogen-bond acceptors (Lipinski definition) is 4. The van der Waals surface area contributed by atoms with Gasteiger partial charge < -0.3 is 14.8 Å². The third kappa shape index (κ3) is 3.03. The van der Waals surface area contributed by atoms with Crippen molar-refractivity contribution in [2.45, 2.75) is 0 Å². The van der Waals surface area contributed by atoms with Gasteiger partial charge in [0.05, 0.1) is 11.4 Å². The number of likely N-dealkylation sites (N-methyl/N-ethyl adjacent to an activating group) is 1. The predicted molar refractivity (Wildman–Crippen MR) is 115 cm³/mol. The Morgan fingerprint density at radius 1 is 0.926 bits per heavy atom. The van der Waals surface area contributed by atoms with Gasteiger partial charge in [0, 0.05) is 48.0 Å². The summed E-state index contributed by atoms with van der Waals surface area (Å²) in [4.78, 5) is 13.4. The van der Waals surface area contributed by atoms with Crippen LogP contribution in [-0.2, 0) is 0 Å². The van der Waals surface area contributed by atoms with Gasteiger partial charge in [-0.05, 0) is 18.7 Å². The summed E-state index contributed by atoms with van der Waals surface area (Å²) in [6.45, 7) is 4.28. The molecule has 0 aliphatic carbocycles. The fourth-order valence-electron chi connectivity index (χ4n) is 3.75. The van der Waals surface area contributed by atoms with E-state index in [0.29, 0.717) is 0 Å². The van der Waals surface area contributed by atoms with Crippen molar-refractivity contribution in [1.82, 2.24) is 14.9 Å². The summed E-state index contributed by atoms with van der Waals surface area (Å²) >= 11 is 1.75. The standard InChI is InChI=1S/C22H22N4S/c1-25-11-13-26(14-12-25)22-24-19(15-27-22)20-17-9-5-6-10-18(17)23-21(20)16-7-3-2-4-8-16/h2-10,15,23H,11-14H2,1H3. The van der Waals surface area contributed by atoms with E-state index < -0.39 is 0 Å². The maximum absolute atomic E-state index is 5.04. The van der Waals surface area contributed by atoms with Crippen molar-refractivity contribution in [1.29, 1.82) is 0 Å². The van der Waals surface area contributed by atoms with Crippen LogP contribution in [0.4, 0.5) is 5.13 Å². The molecule has 0 saturated carbocycles. The number of aromatic amines is 1. The largest absolute Gasteiger partial charge is 0.354 e. The fraction of sp³-hybridized carbons (Fsp3) is 0.227. The zero-order valence-electron chi connectivity index (χ0n) is 15.4. The molecule has 1 aliphatic rings. The smallest absolute Gasteiger partial charge is 0.185 e. The summed E-state index contributed by atoms with van der Waals surface area (Å²) < 4.78 is 0. The van der Waals surface area contributed by atoms with Crippen molar-refractivity contribution in [2.24, 2.45) is 0 Å². The molecule has 4 aromatic rings. The van der Waals surface area contributed by atoms with Gasteiger partial charge in [-0.25, -0.2) is 4.98 Å². The summed E-state index contributed by atoms with van der Waals surface area (Å²) in [5, 5.41) is 4.56. The predicted octanol–water partition coefficient (Wildman–Crippen LogP) is 4.71. The molecule has 5 rings (SSSR count). The van der Waals surface area contributed by atoms with Crippen LogP contribution in [0.3, 0.4) is 0 Å². The second-order valence-electron chi connectivity index (χ2n) is 7.09. The highest BCUT2D eigenvalue weighted by atomic mass is 32.1. The Morgan fingerprint density at radius 2 is 1.67 bits per heavy atom. The molecule has 2 aromatic carbocycles. The van der Waals surface area contributed by atoms with Crippen LogP contribution in [0.1, 0.15) is 0 Å². The average Bonchev–Trinajstić information content (AvgIpc) is 3.34. The number of nitrogens with one attached hydrogen (secondary N) is 1. The van der Waals surface area contributed by atoms with Gasteiger partial charge in [0.15, 0.2) is 5.13 Å². The minimum absolute atomic E-state index is 1.04. The van der Waals surface area contributed by atoms with E-state index in [1.54, 1.807) is 11.3 Å². The average molecular weight is 375 g/mol. The number of benzene rings is 2. The highest BCUT2D eigenvalue weighted by Crippen LogP contribution is 2.39. The molecule has 1 N–H and O–H groups in total. The first-order valence-corrected chi connectivity index (χ1v) is 10.2. The van der Waals surface area contributed by atoms with Crippen LogP contribution in [0.25, 0.3) is 33.4 Å². The van der Waals surface area contributed by atoms with E-state index in [9.17, 15) is 0 Å². The van der Waals surface area contributed by atoms with Crippen LogP contribution < -0.4 is 4.90 Å². The SMILES string of the molecule is CN1CCN(c2nc(-c3c(-c4ccccc4)[nH]c4ccccc34)cs2)CC1. The highest BCUT2D eigenvalue weighted by molar-refractivity contribution is 7.14. The van der Waals surface area contributed by atoms with Gasteiger partial charge in [-0.3, -0.25) is 0 Å². The number of fused-ring (bicyclic) bond motifs is 1. The number of hydrogen-bond donors (Lipinski definition) is 1. The molecular weight excluding hydrogens is 352 g/mol. The van der Waals surface area contributed by atoms with Gasteiger partial charge in [-0.1, -0.05) is 48.5 Å². The molecule has 3 heterocycles. The van der Waals surface area contributed by atoms with Crippen molar-refractivity contribution in [3.8, 4) is 22.5 Å². The van der Waals surface area contributed by atoms with E-state index in [2.05, 4.69) is 81.8 Å². The molecule has 27 heavy (non-hydrogen) atoms. The van der Waals surface area contributed by atoms with Crippen LogP contribution in [0, 0.1) is 0 Å². The van der Waals surface area contributed by atoms with Crippen molar-refractivity contribution >= 4 is 27.4 Å². The van der Waals surface area contributed by atoms with Gasteiger partial charge in [0.25, 0.3) is 0 Å². The Balaban J connectivity index is 1.61. The molecule has 1 saturated heterocycles. The lowest BCUT2D eigenvalue weighted by Crippen LogP contribution is -2.44. The number of rotatable bonds is 3. The third-order valence-corrected chi connectivity index (χ3v) is 6.19. The molecule has 1 fully saturated rings. The van der Waals surface area contributed by atoms with Crippen molar-refractivity contribution in [3.63, 3.8) is 0 Å². The molecule has 0 amide bonds. The highest BCUT2D eigenvalue weighted by Gasteiger charge is 2.21. The summed E-state index contributed by atoms with van der Waals surface area (Å²) in [7, 11) is 2.18. The second kappa shape index (κ2) is 6.83. The van der Waals surface area contributed by atoms with Gasteiger partial charge >= 0.3 is 0 Å². The van der Waals surface area contributed by atoms with E-state index >= 15 is 0 Å². The maximum atomic E-state index is 5.04. The van der Waals surface area contributed by atoms with Crippen molar-refractivity contribution in [2.75, 3.05) is 38.1 Å². The lowest BCUT2D eigenvalue weighted by Gasteiger charge is -2.32. The molecule has 136 valence electrons. The number of para-hydroxylation sites is 1. The van der Waals surface area contributed by atoms with Crippen molar-refractivity contribution in [3.05, 3.63) is 60.0 Å². The number of thiazole rings is 1. The zero-order chi connectivity index (χ0) is 18.2. The minimum Gasteiger partial charge on any atom is -0.354 e. The lowest BCUT2D eigenvalue weighted by atomic mass is 10.0. The topological polar surface area (TPSA) is 35.2 Å². The van der Waals surface area contributed by atoms with Crippen LogP contribution in [0.5, 0.6) is 0 Å². The monoisotopic (exact) mass is 374 g/mol. The number of piperazine rings is 1. The number of H-pyrrole nitrogens is 1. The van der Waals surface area contributed by atoms with Crippen LogP contribution in [0.15, 0.2) is 60.0 Å². The zero-order valence-corrected chi connectivity index (χ0v) is 16.2. The van der Waals surface area contributed by atoms with Gasteiger partial charge in [0.2, 0.25) is 0 Å². The minimum atomic E-state index is 1.04. The number of aromatic nitrogens is 2. The molecule has 2 aromatic heterocycles. The molecule has 4 nitrogen and oxygen atoms in total. The summed E-state index contributed by atoms with van der Waals surface area (Å²) in [6.07, 6.45) is 0. The molecule has 0 bridgehead atoms. The summed E-state index contributed by atoms with van der Waals surface area (Å²) in [6, 6.07) is 19.0. The van der Waals surface area contributed by atoms with E-state index in [0.717, 1.165) is 48.2 Å². The van der Waals surface area contributed by atoms with Crippen LogP contribution in [-0.4, -0.2) is 48.1 Å². The molecular formula is C22H22N4S. The Labute approximate surface area is 163 Å². The Hall–Kier alpha value is -2.63. The quantitative estimate of drug-likeness (QED) is 0.564. The Bertz CT molecular complexity index is 1060. The van der Waals surface area contributed by atoms with Crippen LogP contribution >= 0.6 is 11.3 Å². The van der Waals surface area contributed by atoms with E-state index in [1.807, 2.05) is 0 Å². The Morgan fingerprint density at radius 3 is 2.48 bits per heavy atom. The fourth-order valence-corrected chi connectivity index (χ4v) is 4.62. The summed E-state index contributed by atoms with van der Waals surface area (Å²) in [5.74, 6) is 0. The Kier molecular flexibility index (Phi) is 4.19. The molecule has 5 heteroatoms. The number of nitrogens with zero attached hydrogens (tertiary/aromatic N) is 3. The van der Waals surface area contributed by atoms with Crippen LogP contribution in [0.2, 0.25) is 0 Å². The van der Waals surface area contributed by atoms with E-state index in [4.69, 9.17) is 4.98 Å².